The molecule has 5 heteroatoms. The van der Waals surface area contributed by atoms with Crippen LogP contribution in [0.2, 0.25) is 4.34 Å². The Morgan fingerprint density at radius 1 is 1.40 bits per heavy atom. The number of halogens is 1. The zero-order valence-corrected chi connectivity index (χ0v) is 14.3. The zero-order valence-electron chi connectivity index (χ0n) is 11.9. The Morgan fingerprint density at radius 3 is 2.90 bits per heavy atom. The van der Waals surface area contributed by atoms with Crippen LogP contribution in [-0.2, 0) is 4.74 Å². The van der Waals surface area contributed by atoms with E-state index in [-0.39, 0.29) is 5.60 Å². The predicted molar refractivity (Wildman–Crippen MR) is 89.1 cm³/mol. The highest BCUT2D eigenvalue weighted by atomic mass is 35.5. The number of thiophene rings is 1. The Labute approximate surface area is 134 Å². The fraction of sp³-hybridized carbons (Fsp3) is 0.733. The van der Waals surface area contributed by atoms with Crippen molar-refractivity contribution in [2.24, 2.45) is 0 Å². The van der Waals surface area contributed by atoms with E-state index < -0.39 is 0 Å². The molecule has 1 aromatic heterocycles. The first-order chi connectivity index (χ1) is 9.67. The average Bonchev–Trinajstić information content (AvgIpc) is 2.86. The second-order valence-corrected chi connectivity index (χ2v) is 8.84. The van der Waals surface area contributed by atoms with Gasteiger partial charge >= 0.3 is 0 Å². The highest BCUT2D eigenvalue weighted by molar-refractivity contribution is 7.99. The van der Waals surface area contributed by atoms with Gasteiger partial charge in [0.2, 0.25) is 0 Å². The highest BCUT2D eigenvalue weighted by Gasteiger charge is 2.38. The van der Waals surface area contributed by atoms with Crippen LogP contribution in [0.1, 0.15) is 43.5 Å². The van der Waals surface area contributed by atoms with Crippen molar-refractivity contribution < 1.29 is 4.74 Å². The third-order valence-corrected chi connectivity index (χ3v) is 6.80. The Kier molecular flexibility index (Phi) is 4.98. The summed E-state index contributed by atoms with van der Waals surface area (Å²) in [7, 11) is 0. The van der Waals surface area contributed by atoms with Gasteiger partial charge in [-0.3, -0.25) is 0 Å². The Morgan fingerprint density at radius 2 is 2.20 bits per heavy atom. The molecule has 2 nitrogen and oxygen atoms in total. The highest BCUT2D eigenvalue weighted by Crippen LogP contribution is 2.38. The number of nitrogens with one attached hydrogen (secondary N) is 1. The van der Waals surface area contributed by atoms with E-state index in [0.717, 1.165) is 23.8 Å². The Bertz CT molecular complexity index is 439. The summed E-state index contributed by atoms with van der Waals surface area (Å²) in [5.41, 5.74) is 0.161. The minimum atomic E-state index is 0.161. The minimum absolute atomic E-state index is 0.161. The number of hydrogen-bond acceptors (Lipinski definition) is 4. The van der Waals surface area contributed by atoms with Crippen LogP contribution in [0.25, 0.3) is 0 Å². The summed E-state index contributed by atoms with van der Waals surface area (Å²) in [6, 6.07) is 5.08. The first-order valence-corrected chi connectivity index (χ1v) is 9.75. The van der Waals surface area contributed by atoms with Gasteiger partial charge in [-0.2, -0.15) is 11.8 Å². The van der Waals surface area contributed by atoms with Crippen molar-refractivity contribution >= 4 is 34.7 Å². The van der Waals surface area contributed by atoms with Gasteiger partial charge < -0.3 is 10.1 Å². The van der Waals surface area contributed by atoms with Crippen molar-refractivity contribution in [1.29, 1.82) is 0 Å². The fourth-order valence-electron chi connectivity index (χ4n) is 3.26. The topological polar surface area (TPSA) is 21.3 Å². The molecule has 3 rings (SSSR count). The molecule has 112 valence electrons. The molecule has 1 aromatic rings. The molecular formula is C15H22ClNOS2. The lowest BCUT2D eigenvalue weighted by Gasteiger charge is -2.44. The molecule has 0 radical (unpaired) electrons. The maximum Gasteiger partial charge on any atom is 0.0931 e. The molecule has 0 aromatic carbocycles. The van der Waals surface area contributed by atoms with Crippen molar-refractivity contribution in [3.8, 4) is 0 Å². The smallest absolute Gasteiger partial charge is 0.0931 e. The van der Waals surface area contributed by atoms with Crippen LogP contribution >= 0.6 is 34.7 Å². The molecule has 3 heterocycles. The Balaban J connectivity index is 1.59. The maximum absolute atomic E-state index is 6.16. The molecule has 2 fully saturated rings. The van der Waals surface area contributed by atoms with Crippen molar-refractivity contribution in [3.05, 3.63) is 21.3 Å². The van der Waals surface area contributed by atoms with Crippen LogP contribution in [0.4, 0.5) is 0 Å². The minimum Gasteiger partial charge on any atom is -0.375 e. The fourth-order valence-corrected chi connectivity index (χ4v) is 5.57. The van der Waals surface area contributed by atoms with Crippen molar-refractivity contribution in [2.75, 3.05) is 18.1 Å². The predicted octanol–water partition coefficient (Wildman–Crippen LogP) is 4.50. The van der Waals surface area contributed by atoms with Gasteiger partial charge in [0, 0.05) is 23.6 Å². The monoisotopic (exact) mass is 331 g/mol. The van der Waals surface area contributed by atoms with E-state index in [1.807, 2.05) is 6.07 Å². The van der Waals surface area contributed by atoms with Crippen LogP contribution in [0.15, 0.2) is 12.1 Å². The lowest BCUT2D eigenvalue weighted by molar-refractivity contribution is -0.0940. The van der Waals surface area contributed by atoms with Crippen LogP contribution in [0.5, 0.6) is 0 Å². The quantitative estimate of drug-likeness (QED) is 0.881. The number of ether oxygens (including phenoxy) is 1. The van der Waals surface area contributed by atoms with Crippen molar-refractivity contribution in [1.82, 2.24) is 5.32 Å². The average molecular weight is 332 g/mol. The molecule has 0 aliphatic carbocycles. The number of rotatable bonds is 3. The summed E-state index contributed by atoms with van der Waals surface area (Å²) >= 11 is 9.78. The molecule has 0 amide bonds. The van der Waals surface area contributed by atoms with Gasteiger partial charge in [0.05, 0.1) is 9.94 Å². The summed E-state index contributed by atoms with van der Waals surface area (Å²) in [6.07, 6.45) is 4.72. The first kappa shape index (κ1) is 15.2. The van der Waals surface area contributed by atoms with Gasteiger partial charge in [0.1, 0.15) is 0 Å². The zero-order chi connectivity index (χ0) is 14.0. The molecule has 2 aliphatic heterocycles. The summed E-state index contributed by atoms with van der Waals surface area (Å²) in [5.74, 6) is 2.51. The van der Waals surface area contributed by atoms with Crippen molar-refractivity contribution in [3.63, 3.8) is 0 Å². The molecule has 2 unspecified atom stereocenters. The van der Waals surface area contributed by atoms with Gasteiger partial charge in [0.15, 0.2) is 0 Å². The lowest BCUT2D eigenvalue weighted by Crippen LogP contribution is -2.49. The SMILES string of the molecule is CC(NC1CCOC2(CCSCC2)C1)c1ccc(Cl)s1. The van der Waals surface area contributed by atoms with Gasteiger partial charge in [-0.25, -0.2) is 0 Å². The second kappa shape index (κ2) is 6.57. The van der Waals surface area contributed by atoms with Crippen LogP contribution in [-0.4, -0.2) is 29.8 Å². The molecule has 0 bridgehead atoms. The van der Waals surface area contributed by atoms with Crippen LogP contribution in [0, 0.1) is 0 Å². The van der Waals surface area contributed by atoms with E-state index in [9.17, 15) is 0 Å². The first-order valence-electron chi connectivity index (χ1n) is 7.40. The number of hydrogen-bond donors (Lipinski definition) is 1. The van der Waals surface area contributed by atoms with Gasteiger partial charge in [-0.15, -0.1) is 11.3 Å². The third-order valence-electron chi connectivity index (χ3n) is 4.40. The largest absolute Gasteiger partial charge is 0.375 e. The van der Waals surface area contributed by atoms with E-state index in [1.54, 1.807) is 11.3 Å². The molecule has 2 atom stereocenters. The molecule has 2 saturated heterocycles. The van der Waals surface area contributed by atoms with E-state index in [0.29, 0.717) is 12.1 Å². The molecule has 2 aliphatic rings. The molecule has 1 spiro atoms. The van der Waals surface area contributed by atoms with E-state index in [4.69, 9.17) is 16.3 Å². The van der Waals surface area contributed by atoms with Crippen LogP contribution in [0.3, 0.4) is 0 Å². The van der Waals surface area contributed by atoms with Gasteiger partial charge in [-0.1, -0.05) is 11.6 Å². The van der Waals surface area contributed by atoms with Crippen LogP contribution < -0.4 is 5.32 Å². The standard InChI is InChI=1S/C15H22ClNOS2/c1-11(13-2-3-14(16)20-13)17-12-4-7-18-15(10-12)5-8-19-9-6-15/h2-3,11-12,17H,4-10H2,1H3. The lowest BCUT2D eigenvalue weighted by atomic mass is 9.85. The second-order valence-electron chi connectivity index (χ2n) is 5.86. The summed E-state index contributed by atoms with van der Waals surface area (Å²) in [4.78, 5) is 1.33. The third kappa shape index (κ3) is 3.53. The molecular weight excluding hydrogens is 310 g/mol. The molecule has 20 heavy (non-hydrogen) atoms. The molecule has 0 saturated carbocycles. The van der Waals surface area contributed by atoms with Gasteiger partial charge in [-0.05, 0) is 56.2 Å². The molecule has 1 N–H and O–H groups in total. The summed E-state index contributed by atoms with van der Waals surface area (Å²) < 4.78 is 7.03. The van der Waals surface area contributed by atoms with E-state index >= 15 is 0 Å². The summed E-state index contributed by atoms with van der Waals surface area (Å²) in [5, 5.41) is 3.78. The van der Waals surface area contributed by atoms with E-state index in [1.165, 1.54) is 29.2 Å². The normalized spacial score (nSPS) is 27.6. The number of thioether (sulfide) groups is 1. The Hall–Kier alpha value is 0.260. The van der Waals surface area contributed by atoms with Crippen molar-refractivity contribution in [2.45, 2.75) is 50.3 Å². The van der Waals surface area contributed by atoms with Gasteiger partial charge in [0.25, 0.3) is 0 Å². The maximum atomic E-state index is 6.16. The summed E-state index contributed by atoms with van der Waals surface area (Å²) in [6.45, 7) is 3.14. The van der Waals surface area contributed by atoms with E-state index in [2.05, 4.69) is 30.1 Å².